The third kappa shape index (κ3) is 2.99. The number of rotatable bonds is 5. The van der Waals surface area contributed by atoms with Crippen LogP contribution in [-0.2, 0) is 12.8 Å². The second kappa shape index (κ2) is 6.23. The van der Waals surface area contributed by atoms with Gasteiger partial charge in [-0.25, -0.2) is 0 Å². The summed E-state index contributed by atoms with van der Waals surface area (Å²) in [5, 5.41) is 9.63. The summed E-state index contributed by atoms with van der Waals surface area (Å²) < 4.78 is 0. The van der Waals surface area contributed by atoms with Crippen molar-refractivity contribution in [3.8, 4) is 0 Å². The topological polar surface area (TPSA) is 83.8 Å². The second-order valence-corrected chi connectivity index (χ2v) is 4.72. The molecule has 1 heterocycles. The molecule has 4 N–H and O–H groups in total. The van der Waals surface area contributed by atoms with E-state index >= 15 is 0 Å². The lowest BCUT2D eigenvalue weighted by molar-refractivity contribution is 0.102. The van der Waals surface area contributed by atoms with E-state index in [1.54, 1.807) is 0 Å². The van der Waals surface area contributed by atoms with Crippen molar-refractivity contribution in [3.63, 3.8) is 0 Å². The van der Waals surface area contributed by atoms with Crippen LogP contribution in [0.15, 0.2) is 24.3 Å². The Morgan fingerprint density at radius 3 is 2.60 bits per heavy atom. The van der Waals surface area contributed by atoms with Crippen molar-refractivity contribution in [2.24, 2.45) is 0 Å². The number of H-pyrrole nitrogens is 1. The minimum Gasteiger partial charge on any atom is -0.395 e. The number of benzene rings is 1. The van der Waals surface area contributed by atoms with Gasteiger partial charge in [0.25, 0.3) is 5.91 Å². The van der Waals surface area contributed by atoms with Crippen molar-refractivity contribution in [2.45, 2.75) is 33.1 Å². The number of carbonyl (C=O) groups is 1. The maximum absolute atomic E-state index is 12.1. The molecule has 0 saturated heterocycles. The predicted molar refractivity (Wildman–Crippen MR) is 80.8 cm³/mol. The van der Waals surface area contributed by atoms with Crippen molar-refractivity contribution in [3.05, 3.63) is 41.2 Å². The Morgan fingerprint density at radius 1 is 1.30 bits per heavy atom. The quantitative estimate of drug-likeness (QED) is 0.782. The number of aromatic nitrogens is 2. The summed E-state index contributed by atoms with van der Waals surface area (Å²) in [5.74, 6) is -0.287. The molecule has 1 aromatic carbocycles. The first kappa shape index (κ1) is 14.1. The fourth-order valence-corrected chi connectivity index (χ4v) is 2.01. The number of aromatic amines is 1. The molecule has 5 heteroatoms. The minimum absolute atomic E-state index is 0.257. The Kier molecular flexibility index (Phi) is 4.40. The first-order valence-electron chi connectivity index (χ1n) is 6.88. The highest BCUT2D eigenvalue weighted by Crippen LogP contribution is 2.18. The van der Waals surface area contributed by atoms with Crippen molar-refractivity contribution in [2.75, 3.05) is 11.1 Å². The average Bonchev–Trinajstić information content (AvgIpc) is 2.82. The molecule has 0 atom stereocenters. The molecular formula is C15H20N4O. The summed E-state index contributed by atoms with van der Waals surface area (Å²) in [6.07, 6.45) is 2.71. The van der Waals surface area contributed by atoms with Crippen LogP contribution >= 0.6 is 0 Å². The SMILES string of the molecule is CCCc1[nH]nc(C(=O)Nc2ccc(CC)cc2)c1N. The molecule has 0 radical (unpaired) electrons. The number of aryl methyl sites for hydroxylation is 2. The Hall–Kier alpha value is -2.30. The van der Waals surface area contributed by atoms with Gasteiger partial charge < -0.3 is 11.1 Å². The highest BCUT2D eigenvalue weighted by molar-refractivity contribution is 6.06. The van der Waals surface area contributed by atoms with Gasteiger partial charge in [-0.2, -0.15) is 5.10 Å². The van der Waals surface area contributed by atoms with Crippen LogP contribution in [-0.4, -0.2) is 16.1 Å². The second-order valence-electron chi connectivity index (χ2n) is 4.72. The van der Waals surface area contributed by atoms with Crippen molar-refractivity contribution < 1.29 is 4.79 Å². The zero-order valence-corrected chi connectivity index (χ0v) is 11.9. The van der Waals surface area contributed by atoms with E-state index in [0.717, 1.165) is 30.6 Å². The molecule has 0 saturated carbocycles. The van der Waals surface area contributed by atoms with Crippen molar-refractivity contribution >= 4 is 17.3 Å². The van der Waals surface area contributed by atoms with Crippen LogP contribution in [0.5, 0.6) is 0 Å². The largest absolute Gasteiger partial charge is 0.395 e. The molecule has 0 fully saturated rings. The van der Waals surface area contributed by atoms with Gasteiger partial charge in [-0.3, -0.25) is 9.89 Å². The smallest absolute Gasteiger partial charge is 0.278 e. The maximum Gasteiger partial charge on any atom is 0.278 e. The minimum atomic E-state index is -0.287. The third-order valence-corrected chi connectivity index (χ3v) is 3.22. The van der Waals surface area contributed by atoms with Gasteiger partial charge in [0.05, 0.1) is 11.4 Å². The zero-order chi connectivity index (χ0) is 14.5. The summed E-state index contributed by atoms with van der Waals surface area (Å²) >= 11 is 0. The molecule has 106 valence electrons. The van der Waals surface area contributed by atoms with Crippen LogP contribution in [0.2, 0.25) is 0 Å². The molecule has 0 aliphatic rings. The van der Waals surface area contributed by atoms with E-state index in [2.05, 4.69) is 29.4 Å². The summed E-state index contributed by atoms with van der Waals surface area (Å²) in [4.78, 5) is 12.1. The first-order chi connectivity index (χ1) is 9.65. The summed E-state index contributed by atoms with van der Waals surface area (Å²) in [6.45, 7) is 4.14. The monoisotopic (exact) mass is 272 g/mol. The Morgan fingerprint density at radius 2 is 2.00 bits per heavy atom. The van der Waals surface area contributed by atoms with Crippen LogP contribution in [0.25, 0.3) is 0 Å². The first-order valence-corrected chi connectivity index (χ1v) is 6.88. The fraction of sp³-hybridized carbons (Fsp3) is 0.333. The van der Waals surface area contributed by atoms with Gasteiger partial charge in [-0.1, -0.05) is 32.4 Å². The molecule has 1 aromatic heterocycles. The van der Waals surface area contributed by atoms with Gasteiger partial charge in [0.1, 0.15) is 0 Å². The zero-order valence-electron chi connectivity index (χ0n) is 11.9. The Labute approximate surface area is 118 Å². The van der Waals surface area contributed by atoms with Crippen LogP contribution in [0.1, 0.15) is 42.0 Å². The molecule has 2 rings (SSSR count). The number of nitrogens with two attached hydrogens (primary N) is 1. The third-order valence-electron chi connectivity index (χ3n) is 3.22. The van der Waals surface area contributed by atoms with Crippen molar-refractivity contribution in [1.82, 2.24) is 10.2 Å². The van der Waals surface area contributed by atoms with Gasteiger partial charge >= 0.3 is 0 Å². The predicted octanol–water partition coefficient (Wildman–Crippen LogP) is 2.76. The molecule has 0 bridgehead atoms. The van der Waals surface area contributed by atoms with E-state index in [-0.39, 0.29) is 11.6 Å². The molecular weight excluding hydrogens is 252 g/mol. The van der Waals surface area contributed by atoms with E-state index in [0.29, 0.717) is 5.69 Å². The van der Waals surface area contributed by atoms with Crippen LogP contribution in [0.4, 0.5) is 11.4 Å². The molecule has 0 aliphatic carbocycles. The normalized spacial score (nSPS) is 10.5. The summed E-state index contributed by atoms with van der Waals surface area (Å²) in [7, 11) is 0. The van der Waals surface area contributed by atoms with E-state index in [9.17, 15) is 4.79 Å². The van der Waals surface area contributed by atoms with Crippen LogP contribution in [0.3, 0.4) is 0 Å². The van der Waals surface area contributed by atoms with Crippen LogP contribution < -0.4 is 11.1 Å². The fourth-order valence-electron chi connectivity index (χ4n) is 2.01. The van der Waals surface area contributed by atoms with E-state index in [4.69, 9.17) is 5.73 Å². The Balaban J connectivity index is 2.11. The lowest BCUT2D eigenvalue weighted by atomic mass is 10.1. The standard InChI is InChI=1S/C15H20N4O/c1-3-5-12-13(16)14(19-18-12)15(20)17-11-8-6-10(4-2)7-9-11/h6-9H,3-5,16H2,1-2H3,(H,17,20)(H,18,19). The number of nitrogen functional groups attached to an aromatic ring is 1. The molecule has 5 nitrogen and oxygen atoms in total. The highest BCUT2D eigenvalue weighted by Gasteiger charge is 2.16. The number of hydrogen-bond donors (Lipinski definition) is 3. The summed E-state index contributed by atoms with van der Waals surface area (Å²) in [6, 6.07) is 7.75. The number of anilines is 2. The van der Waals surface area contributed by atoms with E-state index in [1.165, 1.54) is 5.56 Å². The lowest BCUT2D eigenvalue weighted by Gasteiger charge is -2.05. The van der Waals surface area contributed by atoms with Gasteiger partial charge in [-0.15, -0.1) is 0 Å². The molecule has 1 amide bonds. The highest BCUT2D eigenvalue weighted by atomic mass is 16.2. The van der Waals surface area contributed by atoms with E-state index < -0.39 is 0 Å². The molecule has 2 aromatic rings. The maximum atomic E-state index is 12.1. The Bertz CT molecular complexity index is 586. The van der Waals surface area contributed by atoms with Gasteiger partial charge in [0.15, 0.2) is 5.69 Å². The number of nitrogens with zero attached hydrogens (tertiary/aromatic N) is 1. The molecule has 20 heavy (non-hydrogen) atoms. The van der Waals surface area contributed by atoms with Gasteiger partial charge in [0.2, 0.25) is 0 Å². The average molecular weight is 272 g/mol. The van der Waals surface area contributed by atoms with Gasteiger partial charge in [0, 0.05) is 5.69 Å². The molecule has 0 unspecified atom stereocenters. The number of nitrogens with one attached hydrogen (secondary N) is 2. The van der Waals surface area contributed by atoms with Crippen LogP contribution in [0, 0.1) is 0 Å². The summed E-state index contributed by atoms with van der Waals surface area (Å²) in [5.41, 5.74) is 9.42. The number of amides is 1. The van der Waals surface area contributed by atoms with Gasteiger partial charge in [-0.05, 0) is 30.5 Å². The lowest BCUT2D eigenvalue weighted by Crippen LogP contribution is -2.14. The molecule has 0 spiro atoms. The van der Waals surface area contributed by atoms with Crippen molar-refractivity contribution in [1.29, 1.82) is 0 Å². The number of hydrogen-bond acceptors (Lipinski definition) is 3. The van der Waals surface area contributed by atoms with E-state index in [1.807, 2.05) is 24.3 Å². The number of carbonyl (C=O) groups excluding carboxylic acids is 1. The molecule has 0 aliphatic heterocycles.